The third-order valence-electron chi connectivity index (χ3n) is 2.99. The van der Waals surface area contributed by atoms with E-state index in [1.807, 2.05) is 6.92 Å². The van der Waals surface area contributed by atoms with Crippen molar-refractivity contribution in [3.8, 4) is 0 Å². The Morgan fingerprint density at radius 3 is 3.00 bits per heavy atom. The summed E-state index contributed by atoms with van der Waals surface area (Å²) in [5.74, 6) is 0.210. The Labute approximate surface area is 66.8 Å². The molecule has 2 rings (SSSR count). The highest BCUT2D eigenvalue weighted by molar-refractivity contribution is 5.87. The Balaban J connectivity index is 2.19. The van der Waals surface area contributed by atoms with Gasteiger partial charge in [-0.1, -0.05) is 0 Å². The fraction of sp³-hybridized carbons (Fsp3) is 0.875. The molecule has 0 aliphatic carbocycles. The lowest BCUT2D eigenvalue weighted by Gasteiger charge is -2.56. The van der Waals surface area contributed by atoms with E-state index in [2.05, 4.69) is 17.1 Å². The molecule has 3 heteroatoms. The van der Waals surface area contributed by atoms with Gasteiger partial charge < -0.3 is 5.32 Å². The quantitative estimate of drug-likeness (QED) is 0.531. The fourth-order valence-corrected chi connectivity index (χ4v) is 2.35. The van der Waals surface area contributed by atoms with Crippen LogP contribution in [0.4, 0.5) is 0 Å². The van der Waals surface area contributed by atoms with Gasteiger partial charge in [0.2, 0.25) is 5.91 Å². The van der Waals surface area contributed by atoms with E-state index < -0.39 is 0 Å². The number of fused-ring (bicyclic) bond motifs is 1. The Bertz CT molecular complexity index is 204. The molecular weight excluding hydrogens is 140 g/mol. The lowest BCUT2D eigenvalue weighted by atomic mass is 9.78. The molecule has 0 saturated carbocycles. The van der Waals surface area contributed by atoms with Crippen LogP contribution in [-0.4, -0.2) is 35.5 Å². The number of hydrogen-bond acceptors (Lipinski definition) is 2. The minimum absolute atomic E-state index is 0.169. The van der Waals surface area contributed by atoms with Crippen molar-refractivity contribution in [3.63, 3.8) is 0 Å². The second kappa shape index (κ2) is 1.97. The second-order valence-corrected chi connectivity index (χ2v) is 3.78. The molecule has 2 fully saturated rings. The van der Waals surface area contributed by atoms with E-state index in [1.54, 1.807) is 0 Å². The van der Waals surface area contributed by atoms with E-state index in [1.165, 1.54) is 0 Å². The normalized spacial score (nSPS) is 44.2. The molecule has 0 radical (unpaired) electrons. The monoisotopic (exact) mass is 154 g/mol. The molecule has 1 amide bonds. The number of amides is 1. The third kappa shape index (κ3) is 0.745. The zero-order valence-electron chi connectivity index (χ0n) is 7.05. The van der Waals surface area contributed by atoms with E-state index in [9.17, 15) is 4.79 Å². The first-order valence-electron chi connectivity index (χ1n) is 4.19. The Morgan fingerprint density at radius 2 is 2.45 bits per heavy atom. The summed E-state index contributed by atoms with van der Waals surface area (Å²) in [6.45, 7) is 6.05. The lowest BCUT2D eigenvalue weighted by Crippen LogP contribution is -2.74. The van der Waals surface area contributed by atoms with Gasteiger partial charge in [0.1, 0.15) is 0 Å². The van der Waals surface area contributed by atoms with Crippen molar-refractivity contribution in [2.24, 2.45) is 0 Å². The van der Waals surface area contributed by atoms with Gasteiger partial charge in [-0.05, 0) is 20.3 Å². The van der Waals surface area contributed by atoms with E-state index in [0.29, 0.717) is 6.04 Å². The summed E-state index contributed by atoms with van der Waals surface area (Å²) >= 11 is 0. The number of rotatable bonds is 0. The number of carbonyl (C=O) groups is 1. The molecule has 2 aliphatic heterocycles. The van der Waals surface area contributed by atoms with Crippen molar-refractivity contribution < 1.29 is 4.79 Å². The van der Waals surface area contributed by atoms with Crippen molar-refractivity contribution in [3.05, 3.63) is 0 Å². The molecule has 0 aromatic carbocycles. The highest BCUT2D eigenvalue weighted by Crippen LogP contribution is 2.37. The minimum atomic E-state index is -0.169. The molecule has 1 N–H and O–H groups in total. The van der Waals surface area contributed by atoms with Crippen molar-refractivity contribution in [1.29, 1.82) is 0 Å². The van der Waals surface area contributed by atoms with E-state index in [0.717, 1.165) is 19.5 Å². The van der Waals surface area contributed by atoms with Crippen LogP contribution in [0.15, 0.2) is 0 Å². The lowest BCUT2D eigenvalue weighted by molar-refractivity contribution is -0.153. The fourth-order valence-electron chi connectivity index (χ4n) is 2.35. The van der Waals surface area contributed by atoms with Gasteiger partial charge >= 0.3 is 0 Å². The summed E-state index contributed by atoms with van der Waals surface area (Å²) in [4.78, 5) is 13.7. The third-order valence-corrected chi connectivity index (χ3v) is 2.99. The predicted octanol–water partition coefficient (Wildman–Crippen LogP) is -0.0309. The highest BCUT2D eigenvalue weighted by Gasteiger charge is 2.52. The average molecular weight is 154 g/mol. The number of nitrogens with one attached hydrogen (secondary N) is 1. The van der Waals surface area contributed by atoms with Crippen molar-refractivity contribution in [2.45, 2.75) is 31.8 Å². The molecule has 2 atom stereocenters. The highest BCUT2D eigenvalue weighted by atomic mass is 16.2. The van der Waals surface area contributed by atoms with E-state index in [4.69, 9.17) is 0 Å². The zero-order valence-corrected chi connectivity index (χ0v) is 7.05. The first kappa shape index (κ1) is 7.10. The minimum Gasteiger partial charge on any atom is -0.353 e. The Hall–Kier alpha value is -0.570. The van der Waals surface area contributed by atoms with Crippen LogP contribution in [-0.2, 0) is 4.79 Å². The van der Waals surface area contributed by atoms with Crippen LogP contribution in [0.3, 0.4) is 0 Å². The van der Waals surface area contributed by atoms with Crippen LogP contribution in [0.2, 0.25) is 0 Å². The van der Waals surface area contributed by atoms with Gasteiger partial charge in [-0.25, -0.2) is 0 Å². The molecule has 11 heavy (non-hydrogen) atoms. The molecule has 0 bridgehead atoms. The summed E-state index contributed by atoms with van der Waals surface area (Å²) < 4.78 is 0. The van der Waals surface area contributed by atoms with E-state index in [-0.39, 0.29) is 11.4 Å². The Kier molecular flexibility index (Phi) is 1.27. The van der Waals surface area contributed by atoms with Crippen LogP contribution >= 0.6 is 0 Å². The van der Waals surface area contributed by atoms with Crippen LogP contribution in [0.1, 0.15) is 20.3 Å². The molecule has 0 aromatic heterocycles. The molecule has 3 nitrogen and oxygen atoms in total. The van der Waals surface area contributed by atoms with Gasteiger partial charge in [0.25, 0.3) is 0 Å². The number of nitrogens with zero attached hydrogens (tertiary/aromatic N) is 1. The smallest absolute Gasteiger partial charge is 0.240 e. The maximum Gasteiger partial charge on any atom is 0.240 e. The Morgan fingerprint density at radius 1 is 1.73 bits per heavy atom. The first-order chi connectivity index (χ1) is 5.14. The van der Waals surface area contributed by atoms with Crippen LogP contribution in [0.5, 0.6) is 0 Å². The van der Waals surface area contributed by atoms with Crippen LogP contribution in [0.25, 0.3) is 0 Å². The molecule has 2 aliphatic rings. The van der Waals surface area contributed by atoms with Crippen LogP contribution in [0, 0.1) is 0 Å². The van der Waals surface area contributed by atoms with Gasteiger partial charge in [0.15, 0.2) is 0 Å². The number of carbonyl (C=O) groups excluding carboxylic acids is 1. The maximum atomic E-state index is 11.4. The summed E-state index contributed by atoms with van der Waals surface area (Å²) in [5, 5.41) is 2.89. The predicted molar refractivity (Wildman–Crippen MR) is 42.2 cm³/mol. The van der Waals surface area contributed by atoms with Gasteiger partial charge in [0, 0.05) is 19.1 Å². The van der Waals surface area contributed by atoms with Crippen LogP contribution < -0.4 is 5.32 Å². The van der Waals surface area contributed by atoms with Crippen molar-refractivity contribution >= 4 is 5.91 Å². The molecule has 2 heterocycles. The maximum absolute atomic E-state index is 11.4. The largest absolute Gasteiger partial charge is 0.353 e. The number of piperazine rings is 1. The van der Waals surface area contributed by atoms with E-state index >= 15 is 0 Å². The van der Waals surface area contributed by atoms with Gasteiger partial charge in [-0.2, -0.15) is 0 Å². The molecule has 2 saturated heterocycles. The standard InChI is InChI=1S/C8H14N2O/c1-6-5-8(2)7(11)9-3-4-10(6)8/h6H,3-5H2,1-2H3,(H,9,11)/t6?,8-/m1/s1. The van der Waals surface area contributed by atoms with Crippen molar-refractivity contribution in [1.82, 2.24) is 10.2 Å². The molecule has 62 valence electrons. The van der Waals surface area contributed by atoms with Crippen molar-refractivity contribution in [2.75, 3.05) is 13.1 Å². The first-order valence-corrected chi connectivity index (χ1v) is 4.19. The summed E-state index contributed by atoms with van der Waals surface area (Å²) in [5.41, 5.74) is -0.169. The summed E-state index contributed by atoms with van der Waals surface area (Å²) in [7, 11) is 0. The second-order valence-electron chi connectivity index (χ2n) is 3.78. The molecular formula is C8H14N2O. The topological polar surface area (TPSA) is 32.3 Å². The average Bonchev–Trinajstić information content (AvgIpc) is 1.95. The summed E-state index contributed by atoms with van der Waals surface area (Å²) in [6, 6.07) is 0.603. The number of hydrogen-bond donors (Lipinski definition) is 1. The molecule has 1 unspecified atom stereocenters. The van der Waals surface area contributed by atoms with Gasteiger partial charge in [0.05, 0.1) is 5.54 Å². The SMILES string of the molecule is CC1C[C@]2(C)C(=O)NCCN12. The molecule has 0 aromatic rings. The molecule has 0 spiro atoms. The van der Waals surface area contributed by atoms with Gasteiger partial charge in [-0.3, -0.25) is 9.69 Å². The zero-order chi connectivity index (χ0) is 8.06. The summed E-state index contributed by atoms with van der Waals surface area (Å²) in [6.07, 6.45) is 1.01. The van der Waals surface area contributed by atoms with Gasteiger partial charge in [-0.15, -0.1) is 0 Å².